The van der Waals surface area contributed by atoms with Crippen LogP contribution in [0.3, 0.4) is 0 Å². The minimum absolute atomic E-state index is 0.802. The van der Waals surface area contributed by atoms with E-state index in [9.17, 15) is 0 Å². The number of hydrogen-bond acceptors (Lipinski definition) is 1. The zero-order chi connectivity index (χ0) is 19.9. The summed E-state index contributed by atoms with van der Waals surface area (Å²) in [6.45, 7) is 0. The molecule has 0 aliphatic heterocycles. The summed E-state index contributed by atoms with van der Waals surface area (Å²) in [5, 5.41) is 0. The number of para-hydroxylation sites is 2. The van der Waals surface area contributed by atoms with Crippen LogP contribution in [0.25, 0.3) is 11.1 Å². The van der Waals surface area contributed by atoms with Gasteiger partial charge in [-0.1, -0.05) is 66.7 Å². The Morgan fingerprint density at radius 1 is 0.500 bits per heavy atom. The lowest BCUT2D eigenvalue weighted by Gasteiger charge is -2.25. The smallest absolute Gasteiger partial charge is 0.0462 e. The van der Waals surface area contributed by atoms with Crippen molar-refractivity contribution in [3.8, 4) is 11.1 Å². The zero-order valence-electron chi connectivity index (χ0n) is 17.0. The molecule has 2 aliphatic rings. The second-order valence-electron chi connectivity index (χ2n) is 8.60. The van der Waals surface area contributed by atoms with E-state index in [0.29, 0.717) is 0 Å². The number of nitrogens with zero attached hydrogens (tertiary/aromatic N) is 1. The monoisotopic (exact) mass is 387 g/mol. The fourth-order valence-electron chi connectivity index (χ4n) is 5.43. The van der Waals surface area contributed by atoms with Crippen molar-refractivity contribution in [2.24, 2.45) is 0 Å². The van der Waals surface area contributed by atoms with Gasteiger partial charge >= 0.3 is 0 Å². The molecule has 0 saturated heterocycles. The average molecular weight is 388 g/mol. The number of anilines is 3. The molecule has 0 heterocycles. The maximum atomic E-state index is 2.46. The molecule has 1 fully saturated rings. The molecule has 0 spiro atoms. The van der Waals surface area contributed by atoms with Crippen LogP contribution in [0.4, 0.5) is 17.1 Å². The SMILES string of the molecule is c1ccc(N(c2ccccc2)c2ccc(-c3ccc4c(c3)C3CCC4C3)cc2)cc1. The van der Waals surface area contributed by atoms with Gasteiger partial charge in [-0.15, -0.1) is 0 Å². The second kappa shape index (κ2) is 7.18. The largest absolute Gasteiger partial charge is 0.311 e. The Labute approximate surface area is 178 Å². The highest BCUT2D eigenvalue weighted by molar-refractivity contribution is 5.78. The van der Waals surface area contributed by atoms with Gasteiger partial charge in [-0.25, -0.2) is 0 Å². The highest BCUT2D eigenvalue weighted by Crippen LogP contribution is 2.53. The standard InChI is InChI=1S/C29H25N/c1-3-7-25(8-4-1)30(26-9-5-2-6-10-26)27-16-13-21(14-17-27)22-15-18-28-23-11-12-24(19-23)29(28)20-22/h1-10,13-18,20,23-24H,11-12,19H2. The minimum atomic E-state index is 0.802. The van der Waals surface area contributed by atoms with Crippen LogP contribution in [0.5, 0.6) is 0 Å². The van der Waals surface area contributed by atoms with Crippen molar-refractivity contribution >= 4 is 17.1 Å². The Kier molecular flexibility index (Phi) is 4.19. The first-order valence-electron chi connectivity index (χ1n) is 11.0. The molecule has 0 amide bonds. The van der Waals surface area contributed by atoms with Crippen LogP contribution in [0.1, 0.15) is 42.2 Å². The molecule has 1 heteroatoms. The Bertz CT molecular complexity index is 1120. The van der Waals surface area contributed by atoms with Gasteiger partial charge in [0.05, 0.1) is 0 Å². The molecular weight excluding hydrogens is 362 g/mol. The number of fused-ring (bicyclic) bond motifs is 5. The van der Waals surface area contributed by atoms with Gasteiger partial charge in [-0.3, -0.25) is 0 Å². The highest BCUT2D eigenvalue weighted by Gasteiger charge is 2.36. The van der Waals surface area contributed by atoms with Crippen LogP contribution in [-0.2, 0) is 0 Å². The van der Waals surface area contributed by atoms with Crippen molar-refractivity contribution in [1.82, 2.24) is 0 Å². The lowest BCUT2D eigenvalue weighted by atomic mass is 9.89. The van der Waals surface area contributed by atoms with Crippen LogP contribution in [0.15, 0.2) is 103 Å². The van der Waals surface area contributed by atoms with E-state index >= 15 is 0 Å². The van der Waals surface area contributed by atoms with E-state index in [-0.39, 0.29) is 0 Å². The Morgan fingerprint density at radius 2 is 1.03 bits per heavy atom. The molecule has 30 heavy (non-hydrogen) atoms. The van der Waals surface area contributed by atoms with Gasteiger partial charge < -0.3 is 4.90 Å². The predicted octanol–water partition coefficient (Wildman–Crippen LogP) is 8.19. The Balaban J connectivity index is 1.36. The molecule has 2 unspecified atom stereocenters. The van der Waals surface area contributed by atoms with Crippen molar-refractivity contribution in [3.05, 3.63) is 114 Å². The summed E-state index contributed by atoms with van der Waals surface area (Å²) in [6.07, 6.45) is 4.14. The number of hydrogen-bond donors (Lipinski definition) is 0. The Hall–Kier alpha value is -3.32. The third-order valence-electron chi connectivity index (χ3n) is 6.89. The summed E-state index contributed by atoms with van der Waals surface area (Å²) < 4.78 is 0. The van der Waals surface area contributed by atoms with E-state index in [1.807, 2.05) is 0 Å². The molecule has 1 nitrogen and oxygen atoms in total. The van der Waals surface area contributed by atoms with Gasteiger partial charge in [0.2, 0.25) is 0 Å². The van der Waals surface area contributed by atoms with Crippen molar-refractivity contribution in [2.45, 2.75) is 31.1 Å². The van der Waals surface area contributed by atoms with Crippen LogP contribution < -0.4 is 4.90 Å². The maximum absolute atomic E-state index is 2.46. The summed E-state index contributed by atoms with van der Waals surface area (Å²) >= 11 is 0. The summed E-state index contributed by atoms with van der Waals surface area (Å²) in [5.74, 6) is 1.63. The van der Waals surface area contributed by atoms with Gasteiger partial charge in [0, 0.05) is 17.1 Å². The fraction of sp³-hybridized carbons (Fsp3) is 0.172. The summed E-state index contributed by atoms with van der Waals surface area (Å²) in [4.78, 5) is 2.31. The van der Waals surface area contributed by atoms with Gasteiger partial charge in [-0.05, 0) is 89.8 Å². The summed E-state index contributed by atoms with van der Waals surface area (Å²) in [7, 11) is 0. The lowest BCUT2D eigenvalue weighted by Crippen LogP contribution is -2.09. The second-order valence-corrected chi connectivity index (χ2v) is 8.60. The van der Waals surface area contributed by atoms with Gasteiger partial charge in [0.1, 0.15) is 0 Å². The molecule has 6 rings (SSSR count). The predicted molar refractivity (Wildman–Crippen MR) is 126 cm³/mol. The number of rotatable bonds is 4. The van der Waals surface area contributed by atoms with Crippen LogP contribution in [-0.4, -0.2) is 0 Å². The molecule has 0 N–H and O–H groups in total. The Morgan fingerprint density at radius 3 is 1.67 bits per heavy atom. The van der Waals surface area contributed by atoms with Crippen molar-refractivity contribution in [1.29, 1.82) is 0 Å². The van der Waals surface area contributed by atoms with E-state index in [0.717, 1.165) is 11.8 Å². The summed E-state index contributed by atoms with van der Waals surface area (Å²) in [6, 6.07) is 37.4. The van der Waals surface area contributed by atoms with Crippen molar-refractivity contribution < 1.29 is 0 Å². The first-order chi connectivity index (χ1) is 14.9. The maximum Gasteiger partial charge on any atom is 0.0462 e. The normalized spacial score (nSPS) is 18.9. The third-order valence-corrected chi connectivity index (χ3v) is 6.89. The van der Waals surface area contributed by atoms with E-state index in [4.69, 9.17) is 0 Å². The van der Waals surface area contributed by atoms with Crippen LogP contribution >= 0.6 is 0 Å². The molecule has 146 valence electrons. The van der Waals surface area contributed by atoms with Crippen LogP contribution in [0.2, 0.25) is 0 Å². The van der Waals surface area contributed by atoms with Crippen molar-refractivity contribution in [2.75, 3.05) is 4.90 Å². The van der Waals surface area contributed by atoms with E-state index in [1.165, 1.54) is 47.5 Å². The zero-order valence-corrected chi connectivity index (χ0v) is 17.0. The van der Waals surface area contributed by atoms with Crippen molar-refractivity contribution in [3.63, 3.8) is 0 Å². The highest BCUT2D eigenvalue weighted by atomic mass is 15.1. The first kappa shape index (κ1) is 17.5. The molecular formula is C29H25N. The average Bonchev–Trinajstić information content (AvgIpc) is 3.44. The van der Waals surface area contributed by atoms with E-state index < -0.39 is 0 Å². The molecule has 2 aliphatic carbocycles. The molecule has 0 radical (unpaired) electrons. The summed E-state index contributed by atoms with van der Waals surface area (Å²) in [5.41, 5.74) is 9.39. The topological polar surface area (TPSA) is 3.24 Å². The van der Waals surface area contributed by atoms with E-state index in [2.05, 4.69) is 108 Å². The van der Waals surface area contributed by atoms with Gasteiger partial charge in [0.15, 0.2) is 0 Å². The molecule has 0 aromatic heterocycles. The number of benzene rings is 4. The molecule has 1 saturated carbocycles. The van der Waals surface area contributed by atoms with Gasteiger partial charge in [-0.2, -0.15) is 0 Å². The van der Waals surface area contributed by atoms with Crippen LogP contribution in [0, 0.1) is 0 Å². The fourth-order valence-corrected chi connectivity index (χ4v) is 5.43. The van der Waals surface area contributed by atoms with E-state index in [1.54, 1.807) is 11.1 Å². The quantitative estimate of drug-likeness (QED) is 0.341. The molecule has 4 aromatic carbocycles. The van der Waals surface area contributed by atoms with Gasteiger partial charge in [0.25, 0.3) is 0 Å². The minimum Gasteiger partial charge on any atom is -0.311 e. The molecule has 4 aromatic rings. The lowest BCUT2D eigenvalue weighted by molar-refractivity contribution is 0.718. The molecule has 2 atom stereocenters. The molecule has 2 bridgehead atoms. The first-order valence-corrected chi connectivity index (χ1v) is 11.0. The third kappa shape index (κ3) is 2.93.